The maximum absolute atomic E-state index is 12.0. The van der Waals surface area contributed by atoms with E-state index in [0.29, 0.717) is 19.7 Å². The number of likely N-dealkylation sites (tertiary alicyclic amines) is 1. The van der Waals surface area contributed by atoms with Crippen molar-refractivity contribution < 1.29 is 14.3 Å². The molecule has 0 aromatic carbocycles. The molecular formula is C14H28N2O3. The molecule has 0 aliphatic carbocycles. The molecule has 0 bridgehead atoms. The van der Waals surface area contributed by atoms with Crippen molar-refractivity contribution in [2.75, 3.05) is 26.8 Å². The Labute approximate surface area is 116 Å². The lowest BCUT2D eigenvalue weighted by molar-refractivity contribution is 0.00453. The Morgan fingerprint density at radius 3 is 2.32 bits per heavy atom. The fourth-order valence-electron chi connectivity index (χ4n) is 2.28. The van der Waals surface area contributed by atoms with Gasteiger partial charge in [-0.1, -0.05) is 6.92 Å². The summed E-state index contributed by atoms with van der Waals surface area (Å²) < 4.78 is 10.5. The molecular weight excluding hydrogens is 244 g/mol. The van der Waals surface area contributed by atoms with Crippen molar-refractivity contribution >= 4 is 6.09 Å². The first-order valence-corrected chi connectivity index (χ1v) is 6.90. The maximum atomic E-state index is 12.0. The molecule has 5 heteroatoms. The third-order valence-electron chi connectivity index (χ3n) is 3.80. The van der Waals surface area contributed by atoms with E-state index in [4.69, 9.17) is 15.2 Å². The summed E-state index contributed by atoms with van der Waals surface area (Å²) in [5.74, 6) is 0. The standard InChI is InChI=1S/C14H28N2O3/c1-13(2,3)19-12(17)16-8-6-14(4,7-9-16)11(15)10-18-5/h11H,6-10,15H2,1-5H3. The number of nitrogens with two attached hydrogens (primary N) is 1. The molecule has 0 aromatic rings. The number of nitrogens with zero attached hydrogens (tertiary/aromatic N) is 1. The highest BCUT2D eigenvalue weighted by Crippen LogP contribution is 2.34. The maximum Gasteiger partial charge on any atom is 0.410 e. The predicted octanol–water partition coefficient (Wildman–Crippen LogP) is 2.00. The fraction of sp³-hybridized carbons (Fsp3) is 0.929. The highest BCUT2D eigenvalue weighted by atomic mass is 16.6. The zero-order valence-electron chi connectivity index (χ0n) is 12.9. The van der Waals surface area contributed by atoms with Crippen LogP contribution in [0.15, 0.2) is 0 Å². The van der Waals surface area contributed by atoms with E-state index < -0.39 is 5.60 Å². The van der Waals surface area contributed by atoms with Crippen LogP contribution < -0.4 is 5.73 Å². The van der Waals surface area contributed by atoms with Crippen LogP contribution in [0.2, 0.25) is 0 Å². The second-order valence-electron chi connectivity index (χ2n) is 6.68. The van der Waals surface area contributed by atoms with Crippen molar-refractivity contribution in [2.45, 2.75) is 52.2 Å². The van der Waals surface area contributed by atoms with Crippen LogP contribution >= 0.6 is 0 Å². The lowest BCUT2D eigenvalue weighted by Crippen LogP contribution is -2.51. The highest BCUT2D eigenvalue weighted by molar-refractivity contribution is 5.68. The van der Waals surface area contributed by atoms with Gasteiger partial charge in [0.05, 0.1) is 6.61 Å². The van der Waals surface area contributed by atoms with Crippen LogP contribution in [0.5, 0.6) is 0 Å². The molecule has 1 heterocycles. The summed E-state index contributed by atoms with van der Waals surface area (Å²) >= 11 is 0. The zero-order chi connectivity index (χ0) is 14.7. The molecule has 1 rings (SSSR count). The lowest BCUT2D eigenvalue weighted by Gasteiger charge is -2.42. The Balaban J connectivity index is 2.50. The van der Waals surface area contributed by atoms with E-state index in [1.54, 1.807) is 12.0 Å². The van der Waals surface area contributed by atoms with Crippen LogP contribution in [-0.2, 0) is 9.47 Å². The SMILES string of the molecule is COCC(N)C1(C)CCN(C(=O)OC(C)(C)C)CC1. The van der Waals surface area contributed by atoms with Crippen molar-refractivity contribution in [2.24, 2.45) is 11.1 Å². The summed E-state index contributed by atoms with van der Waals surface area (Å²) in [6.45, 7) is 9.77. The molecule has 1 atom stereocenters. The normalized spacial score (nSPS) is 21.1. The molecule has 1 amide bonds. The molecule has 1 aliphatic rings. The van der Waals surface area contributed by atoms with Crippen molar-refractivity contribution in [3.05, 3.63) is 0 Å². The van der Waals surface area contributed by atoms with Crippen molar-refractivity contribution in [1.82, 2.24) is 4.90 Å². The summed E-state index contributed by atoms with van der Waals surface area (Å²) in [6, 6.07) is 0.0123. The minimum Gasteiger partial charge on any atom is -0.444 e. The van der Waals surface area contributed by atoms with Crippen LogP contribution in [-0.4, -0.2) is 49.4 Å². The number of ether oxygens (including phenoxy) is 2. The Hall–Kier alpha value is -0.810. The average Bonchev–Trinajstić information content (AvgIpc) is 2.27. The van der Waals surface area contributed by atoms with E-state index in [1.807, 2.05) is 20.8 Å². The first-order chi connectivity index (χ1) is 8.68. The third-order valence-corrected chi connectivity index (χ3v) is 3.80. The Kier molecular flexibility index (Phi) is 5.21. The van der Waals surface area contributed by atoms with Gasteiger partial charge < -0.3 is 20.1 Å². The van der Waals surface area contributed by atoms with E-state index in [0.717, 1.165) is 12.8 Å². The van der Waals surface area contributed by atoms with Crippen molar-refractivity contribution in [3.8, 4) is 0 Å². The molecule has 112 valence electrons. The third kappa shape index (κ3) is 4.66. The monoisotopic (exact) mass is 272 g/mol. The number of hydrogen-bond acceptors (Lipinski definition) is 4. The number of rotatable bonds is 3. The molecule has 1 unspecified atom stereocenters. The molecule has 0 saturated carbocycles. The molecule has 0 radical (unpaired) electrons. The average molecular weight is 272 g/mol. The van der Waals surface area contributed by atoms with Gasteiger partial charge in [0.25, 0.3) is 0 Å². The molecule has 0 spiro atoms. The molecule has 2 N–H and O–H groups in total. The van der Waals surface area contributed by atoms with E-state index in [2.05, 4.69) is 6.92 Å². The van der Waals surface area contributed by atoms with Crippen molar-refractivity contribution in [3.63, 3.8) is 0 Å². The first kappa shape index (κ1) is 16.2. The number of hydrogen-bond donors (Lipinski definition) is 1. The minimum absolute atomic E-state index is 0.0123. The van der Waals surface area contributed by atoms with Gasteiger partial charge >= 0.3 is 6.09 Å². The Morgan fingerprint density at radius 2 is 1.89 bits per heavy atom. The minimum atomic E-state index is -0.440. The van der Waals surface area contributed by atoms with E-state index in [9.17, 15) is 4.79 Å². The van der Waals surface area contributed by atoms with E-state index in [1.165, 1.54) is 0 Å². The summed E-state index contributed by atoms with van der Waals surface area (Å²) in [5.41, 5.74) is 5.75. The van der Waals surface area contributed by atoms with Crippen LogP contribution in [0.3, 0.4) is 0 Å². The van der Waals surface area contributed by atoms with E-state index in [-0.39, 0.29) is 17.6 Å². The molecule has 1 fully saturated rings. The summed E-state index contributed by atoms with van der Waals surface area (Å²) in [7, 11) is 1.67. The zero-order valence-corrected chi connectivity index (χ0v) is 12.9. The van der Waals surface area contributed by atoms with Crippen LogP contribution in [0, 0.1) is 5.41 Å². The fourth-order valence-corrected chi connectivity index (χ4v) is 2.28. The number of amides is 1. The van der Waals surface area contributed by atoms with E-state index >= 15 is 0 Å². The largest absolute Gasteiger partial charge is 0.444 e. The van der Waals surface area contributed by atoms with Crippen LogP contribution in [0.4, 0.5) is 4.79 Å². The number of carbonyl (C=O) groups is 1. The van der Waals surface area contributed by atoms with Gasteiger partial charge in [-0.3, -0.25) is 0 Å². The highest BCUT2D eigenvalue weighted by Gasteiger charge is 2.37. The Bertz CT molecular complexity index is 304. The Morgan fingerprint density at radius 1 is 1.37 bits per heavy atom. The molecule has 19 heavy (non-hydrogen) atoms. The van der Waals surface area contributed by atoms with Crippen LogP contribution in [0.25, 0.3) is 0 Å². The lowest BCUT2D eigenvalue weighted by atomic mass is 9.75. The van der Waals surface area contributed by atoms with Gasteiger partial charge in [-0.05, 0) is 39.0 Å². The summed E-state index contributed by atoms with van der Waals surface area (Å²) in [4.78, 5) is 13.7. The van der Waals surface area contributed by atoms with Crippen molar-refractivity contribution in [1.29, 1.82) is 0 Å². The summed E-state index contributed by atoms with van der Waals surface area (Å²) in [6.07, 6.45) is 1.54. The van der Waals surface area contributed by atoms with Gasteiger partial charge in [-0.2, -0.15) is 0 Å². The first-order valence-electron chi connectivity index (χ1n) is 6.90. The molecule has 1 aliphatic heterocycles. The van der Waals surface area contributed by atoms with Gasteiger partial charge in [0.1, 0.15) is 5.60 Å². The van der Waals surface area contributed by atoms with Crippen LogP contribution in [0.1, 0.15) is 40.5 Å². The molecule has 0 aromatic heterocycles. The van der Waals surface area contributed by atoms with Gasteiger partial charge in [0.15, 0.2) is 0 Å². The van der Waals surface area contributed by atoms with Gasteiger partial charge in [-0.25, -0.2) is 4.79 Å². The topological polar surface area (TPSA) is 64.8 Å². The molecule has 5 nitrogen and oxygen atoms in total. The molecule has 1 saturated heterocycles. The van der Waals surface area contributed by atoms with Gasteiger partial charge in [-0.15, -0.1) is 0 Å². The second kappa shape index (κ2) is 6.09. The summed E-state index contributed by atoms with van der Waals surface area (Å²) in [5, 5.41) is 0. The number of carbonyl (C=O) groups excluding carboxylic acids is 1. The number of methoxy groups -OCH3 is 1. The van der Waals surface area contributed by atoms with Gasteiger partial charge in [0, 0.05) is 26.2 Å². The second-order valence-corrected chi connectivity index (χ2v) is 6.68. The quantitative estimate of drug-likeness (QED) is 0.853. The van der Waals surface area contributed by atoms with Gasteiger partial charge in [0.2, 0.25) is 0 Å². The smallest absolute Gasteiger partial charge is 0.410 e. The number of piperidine rings is 1. The predicted molar refractivity (Wildman–Crippen MR) is 75.0 cm³/mol.